The SMILES string of the molecule is COc1ccc2ncc(OCC[C@H]3CC[C@H](C(N)=O)CC3)nc2c1. The normalized spacial score (nSPS) is 20.7. The molecule has 128 valence electrons. The maximum Gasteiger partial charge on any atom is 0.232 e. The van der Waals surface area contributed by atoms with Crippen LogP contribution in [0.15, 0.2) is 24.4 Å². The minimum atomic E-state index is -0.161. The number of hydrogen-bond donors (Lipinski definition) is 1. The molecule has 0 unspecified atom stereocenters. The lowest BCUT2D eigenvalue weighted by Crippen LogP contribution is -2.28. The number of rotatable bonds is 6. The molecule has 24 heavy (non-hydrogen) atoms. The quantitative estimate of drug-likeness (QED) is 0.880. The van der Waals surface area contributed by atoms with E-state index in [2.05, 4.69) is 9.97 Å². The highest BCUT2D eigenvalue weighted by atomic mass is 16.5. The van der Waals surface area contributed by atoms with Crippen molar-refractivity contribution in [3.05, 3.63) is 24.4 Å². The molecular formula is C18H23N3O3. The van der Waals surface area contributed by atoms with Crippen molar-refractivity contribution in [2.24, 2.45) is 17.6 Å². The Morgan fingerprint density at radius 1 is 1.25 bits per heavy atom. The Hall–Kier alpha value is -2.37. The first kappa shape index (κ1) is 16.5. The summed E-state index contributed by atoms with van der Waals surface area (Å²) in [6, 6.07) is 5.59. The topological polar surface area (TPSA) is 87.3 Å². The lowest BCUT2D eigenvalue weighted by molar-refractivity contribution is -0.122. The van der Waals surface area contributed by atoms with Gasteiger partial charge in [0, 0.05) is 12.0 Å². The van der Waals surface area contributed by atoms with Crippen LogP contribution in [0.1, 0.15) is 32.1 Å². The van der Waals surface area contributed by atoms with E-state index in [1.165, 1.54) is 0 Å². The van der Waals surface area contributed by atoms with Gasteiger partial charge in [-0.25, -0.2) is 9.97 Å². The molecule has 1 saturated carbocycles. The number of hydrogen-bond acceptors (Lipinski definition) is 5. The highest BCUT2D eigenvalue weighted by Crippen LogP contribution is 2.30. The molecule has 0 atom stereocenters. The van der Waals surface area contributed by atoms with Gasteiger partial charge in [-0.15, -0.1) is 0 Å². The summed E-state index contributed by atoms with van der Waals surface area (Å²) < 4.78 is 11.0. The van der Waals surface area contributed by atoms with Gasteiger partial charge < -0.3 is 15.2 Å². The maximum absolute atomic E-state index is 11.2. The molecular weight excluding hydrogens is 306 g/mol. The molecule has 2 N–H and O–H groups in total. The predicted molar refractivity (Wildman–Crippen MR) is 90.8 cm³/mol. The van der Waals surface area contributed by atoms with Crippen molar-refractivity contribution in [1.82, 2.24) is 9.97 Å². The number of benzene rings is 1. The average molecular weight is 329 g/mol. The van der Waals surface area contributed by atoms with E-state index in [0.29, 0.717) is 18.4 Å². The molecule has 1 amide bonds. The Bertz CT molecular complexity index is 712. The molecule has 0 spiro atoms. The number of nitrogens with zero attached hydrogens (tertiary/aromatic N) is 2. The third kappa shape index (κ3) is 3.93. The van der Waals surface area contributed by atoms with Crippen LogP contribution in [0.2, 0.25) is 0 Å². The van der Waals surface area contributed by atoms with Crippen LogP contribution < -0.4 is 15.2 Å². The fraction of sp³-hybridized carbons (Fsp3) is 0.500. The van der Waals surface area contributed by atoms with Gasteiger partial charge in [-0.05, 0) is 50.2 Å². The fourth-order valence-corrected chi connectivity index (χ4v) is 3.24. The molecule has 0 saturated heterocycles. The zero-order valence-electron chi connectivity index (χ0n) is 13.9. The number of aromatic nitrogens is 2. The van der Waals surface area contributed by atoms with Crippen molar-refractivity contribution < 1.29 is 14.3 Å². The summed E-state index contributed by atoms with van der Waals surface area (Å²) in [4.78, 5) is 20.0. The molecule has 1 aliphatic rings. The maximum atomic E-state index is 11.2. The smallest absolute Gasteiger partial charge is 0.232 e. The van der Waals surface area contributed by atoms with E-state index in [9.17, 15) is 4.79 Å². The monoisotopic (exact) mass is 329 g/mol. The average Bonchev–Trinajstić information content (AvgIpc) is 2.61. The third-order valence-electron chi connectivity index (χ3n) is 4.75. The summed E-state index contributed by atoms with van der Waals surface area (Å²) in [5, 5.41) is 0. The molecule has 2 aromatic rings. The standard InChI is InChI=1S/C18H23N3O3/c1-23-14-6-7-15-16(10-14)21-17(11-20-15)24-9-8-12-2-4-13(5-3-12)18(19)22/h6-7,10-13H,2-5,8-9H2,1H3,(H2,19,22)/t12-,13-. The van der Waals surface area contributed by atoms with Gasteiger partial charge in [0.05, 0.1) is 30.9 Å². The number of ether oxygens (including phenoxy) is 2. The van der Waals surface area contributed by atoms with Crippen molar-refractivity contribution in [2.45, 2.75) is 32.1 Å². The Balaban J connectivity index is 1.52. The second-order valence-corrected chi connectivity index (χ2v) is 6.32. The largest absolute Gasteiger partial charge is 0.497 e. The second kappa shape index (κ2) is 7.47. The van der Waals surface area contributed by atoms with Crippen molar-refractivity contribution in [3.63, 3.8) is 0 Å². The first-order valence-corrected chi connectivity index (χ1v) is 8.38. The van der Waals surface area contributed by atoms with Gasteiger partial charge in [0.25, 0.3) is 0 Å². The number of nitrogens with two attached hydrogens (primary N) is 1. The number of amides is 1. The molecule has 6 heteroatoms. The first-order chi connectivity index (χ1) is 11.7. The molecule has 6 nitrogen and oxygen atoms in total. The number of methoxy groups -OCH3 is 1. The zero-order chi connectivity index (χ0) is 16.9. The van der Waals surface area contributed by atoms with Crippen LogP contribution >= 0.6 is 0 Å². The van der Waals surface area contributed by atoms with Gasteiger partial charge in [0.2, 0.25) is 11.8 Å². The molecule has 1 aromatic carbocycles. The van der Waals surface area contributed by atoms with E-state index in [4.69, 9.17) is 15.2 Å². The highest BCUT2D eigenvalue weighted by Gasteiger charge is 2.24. The van der Waals surface area contributed by atoms with Crippen molar-refractivity contribution in [1.29, 1.82) is 0 Å². The van der Waals surface area contributed by atoms with Crippen molar-refractivity contribution >= 4 is 16.9 Å². The van der Waals surface area contributed by atoms with Gasteiger partial charge in [-0.3, -0.25) is 4.79 Å². The van der Waals surface area contributed by atoms with Crippen LogP contribution in [0.4, 0.5) is 0 Å². The van der Waals surface area contributed by atoms with E-state index >= 15 is 0 Å². The Morgan fingerprint density at radius 2 is 2.04 bits per heavy atom. The summed E-state index contributed by atoms with van der Waals surface area (Å²) in [5.74, 6) is 1.77. The Kier molecular flexibility index (Phi) is 5.13. The van der Waals surface area contributed by atoms with E-state index in [0.717, 1.165) is 48.9 Å². The number of primary amides is 1. The number of carbonyl (C=O) groups is 1. The van der Waals surface area contributed by atoms with Crippen molar-refractivity contribution in [2.75, 3.05) is 13.7 Å². The summed E-state index contributed by atoms with van der Waals surface area (Å²) in [6.45, 7) is 0.607. The fourth-order valence-electron chi connectivity index (χ4n) is 3.24. The number of fused-ring (bicyclic) bond motifs is 1. The number of carbonyl (C=O) groups excluding carboxylic acids is 1. The molecule has 1 fully saturated rings. The van der Waals surface area contributed by atoms with Gasteiger partial charge in [0.15, 0.2) is 0 Å². The lowest BCUT2D eigenvalue weighted by atomic mass is 9.80. The van der Waals surface area contributed by atoms with E-state index in [1.807, 2.05) is 18.2 Å². The van der Waals surface area contributed by atoms with Gasteiger partial charge >= 0.3 is 0 Å². The second-order valence-electron chi connectivity index (χ2n) is 6.32. The van der Waals surface area contributed by atoms with Crippen LogP contribution in [0.5, 0.6) is 11.6 Å². The first-order valence-electron chi connectivity index (χ1n) is 8.38. The summed E-state index contributed by atoms with van der Waals surface area (Å²) in [6.07, 6.45) is 6.49. The van der Waals surface area contributed by atoms with Gasteiger partial charge in [-0.1, -0.05) is 0 Å². The van der Waals surface area contributed by atoms with Crippen LogP contribution in [-0.4, -0.2) is 29.6 Å². The molecule has 0 bridgehead atoms. The lowest BCUT2D eigenvalue weighted by Gasteiger charge is -2.26. The summed E-state index contributed by atoms with van der Waals surface area (Å²) in [7, 11) is 1.63. The van der Waals surface area contributed by atoms with Crippen LogP contribution in [0.25, 0.3) is 11.0 Å². The van der Waals surface area contributed by atoms with Gasteiger partial charge in [0.1, 0.15) is 5.75 Å². The van der Waals surface area contributed by atoms with E-state index in [1.54, 1.807) is 13.3 Å². The molecule has 0 aliphatic heterocycles. The minimum absolute atomic E-state index is 0.0588. The molecule has 0 radical (unpaired) electrons. The van der Waals surface area contributed by atoms with E-state index < -0.39 is 0 Å². The third-order valence-corrected chi connectivity index (χ3v) is 4.75. The molecule has 1 heterocycles. The summed E-state index contributed by atoms with van der Waals surface area (Å²) in [5.41, 5.74) is 6.94. The summed E-state index contributed by atoms with van der Waals surface area (Å²) >= 11 is 0. The predicted octanol–water partition coefficient (Wildman–Crippen LogP) is 2.70. The minimum Gasteiger partial charge on any atom is -0.497 e. The van der Waals surface area contributed by atoms with E-state index in [-0.39, 0.29) is 11.8 Å². The molecule has 1 aliphatic carbocycles. The van der Waals surface area contributed by atoms with Crippen molar-refractivity contribution in [3.8, 4) is 11.6 Å². The Morgan fingerprint density at radius 3 is 2.75 bits per heavy atom. The molecule has 3 rings (SSSR count). The highest BCUT2D eigenvalue weighted by molar-refractivity contribution is 5.76. The van der Waals surface area contributed by atoms with Crippen LogP contribution in [-0.2, 0) is 4.79 Å². The van der Waals surface area contributed by atoms with Gasteiger partial charge in [-0.2, -0.15) is 0 Å². The zero-order valence-corrected chi connectivity index (χ0v) is 13.9. The van der Waals surface area contributed by atoms with Crippen LogP contribution in [0, 0.1) is 11.8 Å². The Labute approximate surface area is 141 Å². The molecule has 1 aromatic heterocycles. The van der Waals surface area contributed by atoms with Crippen LogP contribution in [0.3, 0.4) is 0 Å².